The molecule has 0 spiro atoms. The second-order valence-electron chi connectivity index (χ2n) is 4.85. The van der Waals surface area contributed by atoms with Gasteiger partial charge in [-0.3, -0.25) is 5.84 Å². The van der Waals surface area contributed by atoms with Gasteiger partial charge >= 0.3 is 6.09 Å². The van der Waals surface area contributed by atoms with Crippen molar-refractivity contribution in [3.8, 4) is 11.8 Å². The molecule has 0 unspecified atom stereocenters. The molecule has 1 rings (SSSR count). The Morgan fingerprint density at radius 1 is 1.37 bits per heavy atom. The quantitative estimate of drug-likeness (QED) is 0.431. The van der Waals surface area contributed by atoms with E-state index in [1.807, 2.05) is 24.3 Å². The number of hydrogen-bond acceptors (Lipinski definition) is 4. The highest BCUT2D eigenvalue weighted by Gasteiger charge is 2.14. The molecular weight excluding hydrogens is 242 g/mol. The van der Waals surface area contributed by atoms with Crippen molar-refractivity contribution >= 4 is 11.8 Å². The molecule has 0 aliphatic carbocycles. The molecule has 0 bridgehead atoms. The lowest BCUT2D eigenvalue weighted by Gasteiger charge is -2.19. The lowest BCUT2D eigenvalue weighted by Crippen LogP contribution is -2.32. The van der Waals surface area contributed by atoms with E-state index in [4.69, 9.17) is 10.6 Å². The summed E-state index contributed by atoms with van der Waals surface area (Å²) in [6.07, 6.45) is -0.480. The molecule has 0 atom stereocenters. The van der Waals surface area contributed by atoms with E-state index in [1.54, 1.807) is 20.8 Å². The molecule has 0 aromatic heterocycles. The smallest absolute Gasteiger partial charge is 0.408 e. The summed E-state index contributed by atoms with van der Waals surface area (Å²) in [5.41, 5.74) is 3.57. The zero-order valence-corrected chi connectivity index (χ0v) is 11.4. The minimum atomic E-state index is -0.506. The van der Waals surface area contributed by atoms with Gasteiger partial charge in [-0.25, -0.2) is 4.79 Å². The van der Waals surface area contributed by atoms with Gasteiger partial charge in [0.25, 0.3) is 0 Å². The van der Waals surface area contributed by atoms with E-state index in [1.165, 1.54) is 0 Å². The number of hydrogen-bond donors (Lipinski definition) is 3. The molecule has 0 saturated heterocycles. The van der Waals surface area contributed by atoms with Crippen molar-refractivity contribution in [1.29, 1.82) is 0 Å². The van der Waals surface area contributed by atoms with Crippen LogP contribution in [0.5, 0.6) is 0 Å². The average Bonchev–Trinajstić information content (AvgIpc) is 2.33. The number of nitrogens with one attached hydrogen (secondary N) is 2. The van der Waals surface area contributed by atoms with Gasteiger partial charge in [-0.2, -0.15) is 0 Å². The Balaban J connectivity index is 2.50. The van der Waals surface area contributed by atoms with Crippen LogP contribution in [0.2, 0.25) is 0 Å². The first-order valence-electron chi connectivity index (χ1n) is 5.94. The van der Waals surface area contributed by atoms with Gasteiger partial charge in [0.1, 0.15) is 5.60 Å². The van der Waals surface area contributed by atoms with E-state index in [9.17, 15) is 4.79 Å². The number of nitrogen functional groups attached to an aromatic ring is 1. The minimum absolute atomic E-state index is 0.216. The molecule has 5 nitrogen and oxygen atoms in total. The summed E-state index contributed by atoms with van der Waals surface area (Å²) in [6.45, 7) is 5.64. The molecule has 1 aromatic rings. The highest BCUT2D eigenvalue weighted by Crippen LogP contribution is 2.11. The SMILES string of the molecule is CC(C)(C)OC(=O)NCC#Cc1ccccc1NN. The van der Waals surface area contributed by atoms with Crippen molar-refractivity contribution in [2.24, 2.45) is 5.84 Å². The highest BCUT2D eigenvalue weighted by atomic mass is 16.6. The Kier molecular flexibility index (Phi) is 5.22. The number of hydrazine groups is 1. The van der Waals surface area contributed by atoms with Gasteiger partial charge in [0.15, 0.2) is 0 Å². The first kappa shape index (κ1) is 14.9. The Morgan fingerprint density at radius 2 is 2.05 bits per heavy atom. The molecule has 0 heterocycles. The number of benzene rings is 1. The standard InChI is InChI=1S/C14H19N3O2/c1-14(2,3)19-13(18)16-10-6-8-11-7-4-5-9-12(11)17-15/h4-5,7,9,17H,10,15H2,1-3H3,(H,16,18). The number of ether oxygens (including phenoxy) is 1. The van der Waals surface area contributed by atoms with Gasteiger partial charge in [0, 0.05) is 5.56 Å². The predicted octanol–water partition coefficient (Wildman–Crippen LogP) is 1.85. The van der Waals surface area contributed by atoms with E-state index in [0.717, 1.165) is 11.3 Å². The molecule has 1 amide bonds. The van der Waals surface area contributed by atoms with Crippen molar-refractivity contribution in [1.82, 2.24) is 5.32 Å². The minimum Gasteiger partial charge on any atom is -0.444 e. The van der Waals surface area contributed by atoms with E-state index in [-0.39, 0.29) is 6.54 Å². The third-order valence-electron chi connectivity index (χ3n) is 2.03. The van der Waals surface area contributed by atoms with Crippen LogP contribution >= 0.6 is 0 Å². The number of carbonyl (C=O) groups is 1. The van der Waals surface area contributed by atoms with Crippen LogP contribution in [0.4, 0.5) is 10.5 Å². The summed E-state index contributed by atoms with van der Waals surface area (Å²) < 4.78 is 5.08. The Morgan fingerprint density at radius 3 is 2.68 bits per heavy atom. The van der Waals surface area contributed by atoms with Crippen molar-refractivity contribution < 1.29 is 9.53 Å². The zero-order valence-electron chi connectivity index (χ0n) is 11.4. The first-order valence-corrected chi connectivity index (χ1v) is 5.94. The maximum Gasteiger partial charge on any atom is 0.408 e. The van der Waals surface area contributed by atoms with Gasteiger partial charge < -0.3 is 15.5 Å². The second kappa shape index (κ2) is 6.66. The first-order chi connectivity index (χ1) is 8.92. The summed E-state index contributed by atoms with van der Waals surface area (Å²) in [6, 6.07) is 7.40. The number of carbonyl (C=O) groups excluding carboxylic acids is 1. The van der Waals surface area contributed by atoms with Gasteiger partial charge in [0.2, 0.25) is 0 Å². The Labute approximate surface area is 113 Å². The lowest BCUT2D eigenvalue weighted by molar-refractivity contribution is 0.0535. The van der Waals surface area contributed by atoms with Crippen molar-refractivity contribution in [2.45, 2.75) is 26.4 Å². The van der Waals surface area contributed by atoms with Crippen LogP contribution in [-0.4, -0.2) is 18.2 Å². The third-order valence-corrected chi connectivity index (χ3v) is 2.03. The number of amides is 1. The molecule has 1 aromatic carbocycles. The van der Waals surface area contributed by atoms with Crippen LogP contribution in [0.15, 0.2) is 24.3 Å². The van der Waals surface area contributed by atoms with Crippen LogP contribution in [0, 0.1) is 11.8 Å². The van der Waals surface area contributed by atoms with E-state index < -0.39 is 11.7 Å². The van der Waals surface area contributed by atoms with Crippen LogP contribution in [0.3, 0.4) is 0 Å². The van der Waals surface area contributed by atoms with Gasteiger partial charge in [-0.05, 0) is 32.9 Å². The maximum absolute atomic E-state index is 11.4. The van der Waals surface area contributed by atoms with Crippen molar-refractivity contribution in [3.05, 3.63) is 29.8 Å². The fraction of sp³-hybridized carbons (Fsp3) is 0.357. The van der Waals surface area contributed by atoms with Crippen molar-refractivity contribution in [3.63, 3.8) is 0 Å². The maximum atomic E-state index is 11.4. The molecular formula is C14H19N3O2. The van der Waals surface area contributed by atoms with Crippen molar-refractivity contribution in [2.75, 3.05) is 12.0 Å². The molecule has 19 heavy (non-hydrogen) atoms. The summed E-state index contributed by atoms with van der Waals surface area (Å²) in [4.78, 5) is 11.4. The molecule has 102 valence electrons. The van der Waals surface area contributed by atoms with Crippen LogP contribution < -0.4 is 16.6 Å². The molecule has 0 fully saturated rings. The molecule has 0 saturated carbocycles. The largest absolute Gasteiger partial charge is 0.444 e. The zero-order chi connectivity index (χ0) is 14.3. The Bertz CT molecular complexity index is 495. The van der Waals surface area contributed by atoms with Gasteiger partial charge in [-0.15, -0.1) is 0 Å². The van der Waals surface area contributed by atoms with Crippen LogP contribution in [0.1, 0.15) is 26.3 Å². The number of alkyl carbamates (subject to hydrolysis) is 1. The normalized spacial score (nSPS) is 10.1. The van der Waals surface area contributed by atoms with E-state index in [2.05, 4.69) is 22.6 Å². The lowest BCUT2D eigenvalue weighted by atomic mass is 10.2. The number of rotatable bonds is 2. The van der Waals surface area contributed by atoms with Gasteiger partial charge in [-0.1, -0.05) is 24.0 Å². The van der Waals surface area contributed by atoms with E-state index in [0.29, 0.717) is 0 Å². The summed E-state index contributed by atoms with van der Waals surface area (Å²) in [5, 5.41) is 2.56. The third kappa shape index (κ3) is 5.80. The molecule has 0 aliphatic heterocycles. The molecule has 0 radical (unpaired) electrons. The number of para-hydroxylation sites is 1. The monoisotopic (exact) mass is 261 g/mol. The van der Waals surface area contributed by atoms with Gasteiger partial charge in [0.05, 0.1) is 12.2 Å². The number of nitrogens with two attached hydrogens (primary N) is 1. The molecule has 4 N–H and O–H groups in total. The topological polar surface area (TPSA) is 76.4 Å². The number of anilines is 1. The summed E-state index contributed by atoms with van der Waals surface area (Å²) in [5.74, 6) is 11.1. The second-order valence-corrected chi connectivity index (χ2v) is 4.85. The van der Waals surface area contributed by atoms with E-state index >= 15 is 0 Å². The fourth-order valence-corrected chi connectivity index (χ4v) is 1.29. The Hall–Kier alpha value is -2.19. The summed E-state index contributed by atoms with van der Waals surface area (Å²) in [7, 11) is 0. The van der Waals surface area contributed by atoms with Crippen LogP contribution in [-0.2, 0) is 4.74 Å². The van der Waals surface area contributed by atoms with Crippen LogP contribution in [0.25, 0.3) is 0 Å². The molecule has 0 aliphatic rings. The molecule has 5 heteroatoms. The summed E-state index contributed by atoms with van der Waals surface area (Å²) >= 11 is 0. The highest BCUT2D eigenvalue weighted by molar-refractivity contribution is 5.68. The predicted molar refractivity (Wildman–Crippen MR) is 75.4 cm³/mol. The average molecular weight is 261 g/mol. The fourth-order valence-electron chi connectivity index (χ4n) is 1.29.